The Bertz CT molecular complexity index is 1420. The van der Waals surface area contributed by atoms with Crippen LogP contribution in [0.15, 0.2) is 71.1 Å². The SMILES string of the molecule is CCCc1ccc(-c2oc(COc3ccc(OCC(=O)O)c(C)c3)nc2-c2ccc(OC3CCCC3)cc2)cc1. The third kappa shape index (κ3) is 6.84. The molecule has 208 valence electrons. The van der Waals surface area contributed by atoms with Gasteiger partial charge in [-0.2, -0.15) is 0 Å². The highest BCUT2D eigenvalue weighted by molar-refractivity contribution is 5.77. The van der Waals surface area contributed by atoms with Gasteiger partial charge in [-0.25, -0.2) is 9.78 Å². The zero-order valence-electron chi connectivity index (χ0n) is 23.0. The van der Waals surface area contributed by atoms with Gasteiger partial charge in [-0.05, 0) is 92.6 Å². The van der Waals surface area contributed by atoms with E-state index in [9.17, 15) is 4.79 Å². The van der Waals surface area contributed by atoms with Crippen molar-refractivity contribution in [3.8, 4) is 39.8 Å². The molecule has 0 bridgehead atoms. The molecule has 1 aliphatic rings. The fourth-order valence-corrected chi connectivity index (χ4v) is 4.98. The van der Waals surface area contributed by atoms with E-state index in [-0.39, 0.29) is 6.61 Å². The average Bonchev–Trinajstić information content (AvgIpc) is 3.63. The van der Waals surface area contributed by atoms with E-state index in [2.05, 4.69) is 31.2 Å². The molecule has 0 atom stereocenters. The van der Waals surface area contributed by atoms with Gasteiger partial charge in [0.25, 0.3) is 0 Å². The van der Waals surface area contributed by atoms with Crippen LogP contribution in [0, 0.1) is 6.92 Å². The summed E-state index contributed by atoms with van der Waals surface area (Å²) in [5, 5.41) is 8.85. The van der Waals surface area contributed by atoms with Crippen LogP contribution in [0.3, 0.4) is 0 Å². The molecule has 1 heterocycles. The first-order chi connectivity index (χ1) is 19.5. The summed E-state index contributed by atoms with van der Waals surface area (Å²) in [6, 6.07) is 21.7. The number of rotatable bonds is 12. The Labute approximate surface area is 234 Å². The molecule has 0 spiro atoms. The third-order valence-corrected chi connectivity index (χ3v) is 7.02. The number of hydrogen-bond donors (Lipinski definition) is 1. The van der Waals surface area contributed by atoms with Gasteiger partial charge in [0, 0.05) is 11.1 Å². The van der Waals surface area contributed by atoms with Crippen molar-refractivity contribution in [2.45, 2.75) is 65.1 Å². The number of oxazole rings is 1. The van der Waals surface area contributed by atoms with E-state index < -0.39 is 12.6 Å². The minimum Gasteiger partial charge on any atom is -0.490 e. The Balaban J connectivity index is 1.36. The number of ether oxygens (including phenoxy) is 3. The predicted molar refractivity (Wildman–Crippen MR) is 153 cm³/mol. The van der Waals surface area contributed by atoms with E-state index in [4.69, 9.17) is 28.7 Å². The van der Waals surface area contributed by atoms with Gasteiger partial charge >= 0.3 is 5.97 Å². The molecule has 0 saturated heterocycles. The molecule has 4 aromatic rings. The van der Waals surface area contributed by atoms with Crippen molar-refractivity contribution < 1.29 is 28.5 Å². The van der Waals surface area contributed by atoms with Gasteiger partial charge in [-0.1, -0.05) is 37.6 Å². The second-order valence-electron chi connectivity index (χ2n) is 10.2. The Hall–Kier alpha value is -4.26. The van der Waals surface area contributed by atoms with E-state index in [1.54, 1.807) is 18.2 Å². The largest absolute Gasteiger partial charge is 0.490 e. The number of aryl methyl sites for hydroxylation is 2. The smallest absolute Gasteiger partial charge is 0.341 e. The van der Waals surface area contributed by atoms with Crippen LogP contribution in [-0.2, 0) is 17.8 Å². The zero-order valence-corrected chi connectivity index (χ0v) is 23.0. The molecular weight excluding hydrogens is 506 g/mol. The third-order valence-electron chi connectivity index (χ3n) is 7.02. The number of carbonyl (C=O) groups is 1. The molecule has 7 nitrogen and oxygen atoms in total. The van der Waals surface area contributed by atoms with Crippen LogP contribution in [0.1, 0.15) is 56.0 Å². The molecule has 0 amide bonds. The maximum Gasteiger partial charge on any atom is 0.341 e. The van der Waals surface area contributed by atoms with Crippen molar-refractivity contribution in [3.05, 3.63) is 83.7 Å². The van der Waals surface area contributed by atoms with Gasteiger partial charge in [-0.15, -0.1) is 0 Å². The van der Waals surface area contributed by atoms with Crippen LogP contribution in [0.4, 0.5) is 0 Å². The van der Waals surface area contributed by atoms with Crippen LogP contribution in [0.2, 0.25) is 0 Å². The first kappa shape index (κ1) is 27.3. The number of aliphatic carboxylic acids is 1. The van der Waals surface area contributed by atoms with Crippen molar-refractivity contribution in [1.29, 1.82) is 0 Å². The Kier molecular flexibility index (Phi) is 8.69. The molecule has 1 aliphatic carbocycles. The van der Waals surface area contributed by atoms with E-state index in [0.29, 0.717) is 29.3 Å². The summed E-state index contributed by atoms with van der Waals surface area (Å²) in [6.45, 7) is 3.76. The fourth-order valence-electron chi connectivity index (χ4n) is 4.98. The van der Waals surface area contributed by atoms with Crippen LogP contribution < -0.4 is 14.2 Å². The molecule has 0 radical (unpaired) electrons. The molecule has 40 heavy (non-hydrogen) atoms. The number of benzene rings is 3. The molecule has 0 aliphatic heterocycles. The van der Waals surface area contributed by atoms with Crippen molar-refractivity contribution in [2.75, 3.05) is 6.61 Å². The summed E-state index contributed by atoms with van der Waals surface area (Å²) in [5.74, 6) is 2.11. The molecule has 1 saturated carbocycles. The monoisotopic (exact) mass is 541 g/mol. The summed E-state index contributed by atoms with van der Waals surface area (Å²) in [6.07, 6.45) is 7.12. The highest BCUT2D eigenvalue weighted by atomic mass is 16.5. The fraction of sp³-hybridized carbons (Fsp3) is 0.333. The normalized spacial score (nSPS) is 13.3. The number of carboxylic acid groups (broad SMARTS) is 1. The molecule has 3 aromatic carbocycles. The lowest BCUT2D eigenvalue weighted by Crippen LogP contribution is -2.10. The maximum atomic E-state index is 10.8. The molecule has 0 unspecified atom stereocenters. The number of nitrogens with zero attached hydrogens (tertiary/aromatic N) is 1. The molecule has 1 fully saturated rings. The highest BCUT2D eigenvalue weighted by Gasteiger charge is 2.19. The van der Waals surface area contributed by atoms with E-state index in [1.165, 1.54) is 18.4 Å². The molecule has 1 aromatic heterocycles. The van der Waals surface area contributed by atoms with Gasteiger partial charge in [-0.3, -0.25) is 0 Å². The van der Waals surface area contributed by atoms with E-state index in [1.807, 2.05) is 31.2 Å². The lowest BCUT2D eigenvalue weighted by Gasteiger charge is -2.13. The van der Waals surface area contributed by atoms with Crippen molar-refractivity contribution in [3.63, 3.8) is 0 Å². The van der Waals surface area contributed by atoms with Crippen LogP contribution in [-0.4, -0.2) is 28.8 Å². The second-order valence-corrected chi connectivity index (χ2v) is 10.2. The Morgan fingerprint density at radius 1 is 0.950 bits per heavy atom. The summed E-state index contributed by atoms with van der Waals surface area (Å²) < 4.78 is 23.7. The topological polar surface area (TPSA) is 91.0 Å². The molecule has 7 heteroatoms. The predicted octanol–water partition coefficient (Wildman–Crippen LogP) is 7.63. The van der Waals surface area contributed by atoms with Gasteiger partial charge in [0.05, 0.1) is 6.10 Å². The van der Waals surface area contributed by atoms with Crippen molar-refractivity contribution >= 4 is 5.97 Å². The Morgan fingerprint density at radius 3 is 2.33 bits per heavy atom. The van der Waals surface area contributed by atoms with E-state index >= 15 is 0 Å². The first-order valence-corrected chi connectivity index (χ1v) is 13.9. The minimum atomic E-state index is -1.02. The van der Waals surface area contributed by atoms with Gasteiger partial charge in [0.15, 0.2) is 19.0 Å². The summed E-state index contributed by atoms with van der Waals surface area (Å²) in [5.41, 5.74) is 4.71. The lowest BCUT2D eigenvalue weighted by atomic mass is 10.0. The minimum absolute atomic E-state index is 0.137. The molecule has 1 N–H and O–H groups in total. The molecule has 5 rings (SSSR count). The van der Waals surface area contributed by atoms with Gasteiger partial charge in [0.1, 0.15) is 22.9 Å². The van der Waals surface area contributed by atoms with Crippen LogP contribution >= 0.6 is 0 Å². The zero-order chi connectivity index (χ0) is 27.9. The number of carboxylic acids is 1. The number of hydrogen-bond acceptors (Lipinski definition) is 6. The van der Waals surface area contributed by atoms with E-state index in [0.717, 1.165) is 53.8 Å². The summed E-state index contributed by atoms with van der Waals surface area (Å²) in [7, 11) is 0. The lowest BCUT2D eigenvalue weighted by molar-refractivity contribution is -0.139. The second kappa shape index (κ2) is 12.7. The van der Waals surface area contributed by atoms with Crippen molar-refractivity contribution in [1.82, 2.24) is 4.98 Å². The maximum absolute atomic E-state index is 10.8. The summed E-state index contributed by atoms with van der Waals surface area (Å²) in [4.78, 5) is 15.6. The van der Waals surface area contributed by atoms with Crippen molar-refractivity contribution in [2.24, 2.45) is 0 Å². The van der Waals surface area contributed by atoms with Gasteiger partial charge in [0.2, 0.25) is 5.89 Å². The van der Waals surface area contributed by atoms with Crippen LogP contribution in [0.5, 0.6) is 17.2 Å². The standard InChI is InChI=1S/C33H35NO6/c1-3-6-23-9-11-25(12-10-23)33-32(24-13-15-27(16-14-24)39-26-7-4-5-8-26)34-30(40-33)20-37-28-17-18-29(22(2)19-28)38-21-31(35)36/h9-19,26H,3-8,20-21H2,1-2H3,(H,35,36). The average molecular weight is 542 g/mol. The van der Waals surface area contributed by atoms with Gasteiger partial charge < -0.3 is 23.7 Å². The highest BCUT2D eigenvalue weighted by Crippen LogP contribution is 2.35. The first-order valence-electron chi connectivity index (χ1n) is 13.9. The Morgan fingerprint density at radius 2 is 1.65 bits per heavy atom. The quantitative estimate of drug-likeness (QED) is 0.197. The summed E-state index contributed by atoms with van der Waals surface area (Å²) >= 11 is 0. The van der Waals surface area contributed by atoms with Crippen LogP contribution in [0.25, 0.3) is 22.6 Å². The number of aromatic nitrogens is 1. The molecular formula is C33H35NO6.